The van der Waals surface area contributed by atoms with Gasteiger partial charge in [-0.3, -0.25) is 4.99 Å². The van der Waals surface area contributed by atoms with E-state index in [9.17, 15) is 8.78 Å². The minimum atomic E-state index is -0.464. The molecule has 2 rings (SSSR count). The first-order valence-corrected chi connectivity index (χ1v) is 7.63. The lowest BCUT2D eigenvalue weighted by Crippen LogP contribution is -2.38. The lowest BCUT2D eigenvalue weighted by molar-refractivity contribution is 0.414. The second-order valence-corrected chi connectivity index (χ2v) is 5.19. The lowest BCUT2D eigenvalue weighted by atomic mass is 10.1. The number of rotatable bonds is 6. The molecule has 2 aromatic rings. The summed E-state index contributed by atoms with van der Waals surface area (Å²) in [7, 11) is 3.26. The van der Waals surface area contributed by atoms with Gasteiger partial charge in [0, 0.05) is 25.7 Å². The predicted molar refractivity (Wildman–Crippen MR) is 107 cm³/mol. The van der Waals surface area contributed by atoms with E-state index < -0.39 is 11.6 Å². The standard InChI is InChI=1S/C18H21F2N3O.HI/c1-21-18(23-12-14-11-15(19)6-7-17(14)20)22-9-8-13-4-3-5-16(10-13)24-2;/h3-7,10-11H,8-9,12H2,1-2H3,(H2,21,22,23);1H. The van der Waals surface area contributed by atoms with Crippen molar-refractivity contribution in [3.05, 3.63) is 65.2 Å². The zero-order valence-corrected chi connectivity index (χ0v) is 16.5. The summed E-state index contributed by atoms with van der Waals surface area (Å²) in [6.07, 6.45) is 0.784. The van der Waals surface area contributed by atoms with E-state index in [-0.39, 0.29) is 36.1 Å². The molecule has 0 radical (unpaired) electrons. The van der Waals surface area contributed by atoms with E-state index in [2.05, 4.69) is 15.6 Å². The van der Waals surface area contributed by atoms with Gasteiger partial charge in [0.2, 0.25) is 0 Å². The van der Waals surface area contributed by atoms with Gasteiger partial charge in [-0.15, -0.1) is 24.0 Å². The van der Waals surface area contributed by atoms with Crippen LogP contribution in [0.15, 0.2) is 47.5 Å². The molecule has 2 aromatic carbocycles. The average Bonchev–Trinajstić information content (AvgIpc) is 2.60. The largest absolute Gasteiger partial charge is 0.497 e. The number of hydrogen-bond donors (Lipinski definition) is 2. The Labute approximate surface area is 163 Å². The highest BCUT2D eigenvalue weighted by molar-refractivity contribution is 14.0. The Balaban J connectivity index is 0.00000312. The van der Waals surface area contributed by atoms with Gasteiger partial charge in [0.1, 0.15) is 17.4 Å². The second-order valence-electron chi connectivity index (χ2n) is 5.19. The molecule has 2 N–H and O–H groups in total. The van der Waals surface area contributed by atoms with Crippen molar-refractivity contribution < 1.29 is 13.5 Å². The molecule has 0 bridgehead atoms. The van der Waals surface area contributed by atoms with Crippen molar-refractivity contribution in [2.24, 2.45) is 4.99 Å². The van der Waals surface area contributed by atoms with Gasteiger partial charge in [0.05, 0.1) is 7.11 Å². The minimum Gasteiger partial charge on any atom is -0.497 e. The summed E-state index contributed by atoms with van der Waals surface area (Å²) < 4.78 is 31.9. The molecule has 0 atom stereocenters. The molecule has 0 spiro atoms. The number of halogens is 3. The summed E-state index contributed by atoms with van der Waals surface area (Å²) >= 11 is 0. The van der Waals surface area contributed by atoms with Crippen molar-refractivity contribution in [1.29, 1.82) is 0 Å². The van der Waals surface area contributed by atoms with E-state index in [0.29, 0.717) is 12.5 Å². The lowest BCUT2D eigenvalue weighted by Gasteiger charge is -2.12. The molecule has 0 amide bonds. The minimum absolute atomic E-state index is 0. The number of ether oxygens (including phenoxy) is 1. The summed E-state index contributed by atoms with van der Waals surface area (Å²) in [6.45, 7) is 0.806. The molecule has 136 valence electrons. The Hall–Kier alpha value is -1.90. The van der Waals surface area contributed by atoms with Crippen LogP contribution in [-0.2, 0) is 13.0 Å². The third-order valence-electron chi connectivity index (χ3n) is 3.52. The molecule has 0 saturated heterocycles. The fourth-order valence-electron chi connectivity index (χ4n) is 2.23. The highest BCUT2D eigenvalue weighted by Gasteiger charge is 2.05. The quantitative estimate of drug-likeness (QED) is 0.394. The van der Waals surface area contributed by atoms with Crippen molar-refractivity contribution in [3.8, 4) is 5.75 Å². The van der Waals surface area contributed by atoms with Crippen LogP contribution in [-0.4, -0.2) is 26.7 Å². The van der Waals surface area contributed by atoms with E-state index in [1.54, 1.807) is 14.2 Å². The molecular formula is C18H22F2IN3O. The SMILES string of the molecule is CN=C(NCCc1cccc(OC)c1)NCc1cc(F)ccc1F.I. The van der Waals surface area contributed by atoms with Crippen molar-refractivity contribution in [2.45, 2.75) is 13.0 Å². The Morgan fingerprint density at radius 3 is 2.64 bits per heavy atom. The van der Waals surface area contributed by atoms with Gasteiger partial charge in [-0.25, -0.2) is 8.78 Å². The average molecular weight is 461 g/mol. The summed E-state index contributed by atoms with van der Waals surface area (Å²) in [5, 5.41) is 6.11. The van der Waals surface area contributed by atoms with Gasteiger partial charge in [0.15, 0.2) is 5.96 Å². The molecule has 0 aliphatic rings. The van der Waals surface area contributed by atoms with Gasteiger partial charge < -0.3 is 15.4 Å². The molecule has 0 fully saturated rings. The number of nitrogens with one attached hydrogen (secondary N) is 2. The maximum atomic E-state index is 13.6. The van der Waals surface area contributed by atoms with E-state index in [1.165, 1.54) is 6.07 Å². The van der Waals surface area contributed by atoms with E-state index in [1.807, 2.05) is 24.3 Å². The summed E-state index contributed by atoms with van der Waals surface area (Å²) in [5.41, 5.74) is 1.39. The van der Waals surface area contributed by atoms with Gasteiger partial charge in [0.25, 0.3) is 0 Å². The normalized spacial score (nSPS) is 10.8. The Kier molecular flexibility index (Phi) is 9.18. The van der Waals surface area contributed by atoms with Gasteiger partial charge in [-0.1, -0.05) is 12.1 Å². The molecule has 0 unspecified atom stereocenters. The van der Waals surface area contributed by atoms with Crippen LogP contribution in [0.25, 0.3) is 0 Å². The van der Waals surface area contributed by atoms with E-state index in [4.69, 9.17) is 4.74 Å². The maximum absolute atomic E-state index is 13.6. The Bertz CT molecular complexity index is 710. The first-order valence-electron chi connectivity index (χ1n) is 7.63. The third-order valence-corrected chi connectivity index (χ3v) is 3.52. The van der Waals surface area contributed by atoms with Crippen LogP contribution in [0.1, 0.15) is 11.1 Å². The number of hydrogen-bond acceptors (Lipinski definition) is 2. The molecule has 0 heterocycles. The van der Waals surface area contributed by atoms with Crippen LogP contribution in [0.4, 0.5) is 8.78 Å². The van der Waals surface area contributed by atoms with Gasteiger partial charge in [-0.2, -0.15) is 0 Å². The number of aliphatic imine (C=N–C) groups is 1. The maximum Gasteiger partial charge on any atom is 0.191 e. The fraction of sp³-hybridized carbons (Fsp3) is 0.278. The van der Waals surface area contributed by atoms with Crippen LogP contribution in [0.5, 0.6) is 5.75 Å². The summed E-state index contributed by atoms with van der Waals surface area (Å²) in [6, 6.07) is 11.2. The second kappa shape index (κ2) is 10.9. The number of benzene rings is 2. The van der Waals surface area contributed by atoms with Crippen molar-refractivity contribution >= 4 is 29.9 Å². The Morgan fingerprint density at radius 2 is 1.92 bits per heavy atom. The number of guanidine groups is 1. The van der Waals surface area contributed by atoms with Crippen LogP contribution in [0.3, 0.4) is 0 Å². The molecular weight excluding hydrogens is 439 g/mol. The zero-order chi connectivity index (χ0) is 17.4. The van der Waals surface area contributed by atoms with E-state index in [0.717, 1.165) is 29.9 Å². The van der Waals surface area contributed by atoms with Gasteiger partial charge in [-0.05, 0) is 42.3 Å². The number of nitrogens with zero attached hydrogens (tertiary/aromatic N) is 1. The monoisotopic (exact) mass is 461 g/mol. The molecule has 0 saturated carbocycles. The van der Waals surface area contributed by atoms with Crippen molar-refractivity contribution in [2.75, 3.05) is 20.7 Å². The van der Waals surface area contributed by atoms with Crippen LogP contribution < -0.4 is 15.4 Å². The predicted octanol–water partition coefficient (Wildman–Crippen LogP) is 3.50. The topological polar surface area (TPSA) is 45.7 Å². The van der Waals surface area contributed by atoms with Gasteiger partial charge >= 0.3 is 0 Å². The molecule has 0 aliphatic carbocycles. The highest BCUT2D eigenvalue weighted by atomic mass is 127. The third kappa shape index (κ3) is 6.85. The van der Waals surface area contributed by atoms with Crippen LogP contribution >= 0.6 is 24.0 Å². The van der Waals surface area contributed by atoms with Crippen LogP contribution in [0, 0.1) is 11.6 Å². The highest BCUT2D eigenvalue weighted by Crippen LogP contribution is 2.12. The first-order chi connectivity index (χ1) is 11.6. The smallest absolute Gasteiger partial charge is 0.191 e. The molecule has 0 aliphatic heterocycles. The van der Waals surface area contributed by atoms with Crippen molar-refractivity contribution in [3.63, 3.8) is 0 Å². The molecule has 25 heavy (non-hydrogen) atoms. The zero-order valence-electron chi connectivity index (χ0n) is 14.2. The number of methoxy groups -OCH3 is 1. The first kappa shape index (κ1) is 21.1. The summed E-state index contributed by atoms with van der Waals surface area (Å²) in [4.78, 5) is 4.07. The van der Waals surface area contributed by atoms with Crippen molar-refractivity contribution in [1.82, 2.24) is 10.6 Å². The molecule has 7 heteroatoms. The summed E-state index contributed by atoms with van der Waals surface area (Å²) in [5.74, 6) is 0.433. The van der Waals surface area contributed by atoms with Crippen LogP contribution in [0.2, 0.25) is 0 Å². The molecule has 4 nitrogen and oxygen atoms in total. The van der Waals surface area contributed by atoms with E-state index >= 15 is 0 Å². The Morgan fingerprint density at radius 1 is 1.12 bits per heavy atom. The molecule has 0 aromatic heterocycles. The fourth-order valence-corrected chi connectivity index (χ4v) is 2.23.